The Labute approximate surface area is 128 Å². The predicted octanol–water partition coefficient (Wildman–Crippen LogP) is 3.34. The average molecular weight is 323 g/mol. The normalized spacial score (nSPS) is 11.3. The highest BCUT2D eigenvalue weighted by molar-refractivity contribution is 8.00. The fraction of sp³-hybridized carbons (Fsp3) is 0.333. The summed E-state index contributed by atoms with van der Waals surface area (Å²) < 4.78 is 0.934. The van der Waals surface area contributed by atoms with Gasteiger partial charge in [-0.1, -0.05) is 23.1 Å². The first kappa shape index (κ1) is 13.7. The zero-order chi connectivity index (χ0) is 14.3. The Morgan fingerprint density at radius 2 is 1.90 bits per heavy atom. The number of aromatic nitrogens is 4. The minimum atomic E-state index is 0.570. The van der Waals surface area contributed by atoms with Gasteiger partial charge in [-0.05, 0) is 26.3 Å². The second-order valence-electron chi connectivity index (χ2n) is 4.36. The molecule has 0 aromatic carbocycles. The van der Waals surface area contributed by atoms with Gasteiger partial charge < -0.3 is 5.73 Å². The van der Waals surface area contributed by atoms with Crippen LogP contribution in [0.4, 0.5) is 5.82 Å². The van der Waals surface area contributed by atoms with Gasteiger partial charge in [-0.3, -0.25) is 0 Å². The van der Waals surface area contributed by atoms with E-state index in [2.05, 4.69) is 34.0 Å². The summed E-state index contributed by atoms with van der Waals surface area (Å²) in [5.41, 5.74) is 7.25. The van der Waals surface area contributed by atoms with E-state index in [1.54, 1.807) is 34.4 Å². The van der Waals surface area contributed by atoms with Crippen LogP contribution in [0.2, 0.25) is 0 Å². The number of thioether (sulfide) groups is 1. The van der Waals surface area contributed by atoms with Crippen molar-refractivity contribution in [2.24, 2.45) is 0 Å². The molecule has 104 valence electrons. The van der Waals surface area contributed by atoms with Gasteiger partial charge in [0.2, 0.25) is 0 Å². The van der Waals surface area contributed by atoms with Crippen molar-refractivity contribution < 1.29 is 0 Å². The van der Waals surface area contributed by atoms with Crippen molar-refractivity contribution in [2.75, 3.05) is 5.73 Å². The Kier molecular flexibility index (Phi) is 3.61. The van der Waals surface area contributed by atoms with Gasteiger partial charge >= 0.3 is 0 Å². The Balaban J connectivity index is 1.89. The Morgan fingerprint density at radius 3 is 2.60 bits per heavy atom. The molecule has 0 saturated heterocycles. The third-order valence-electron chi connectivity index (χ3n) is 2.94. The number of nitrogens with two attached hydrogens (primary N) is 1. The molecule has 0 aliphatic carbocycles. The van der Waals surface area contributed by atoms with Crippen molar-refractivity contribution in [3.8, 4) is 0 Å². The van der Waals surface area contributed by atoms with E-state index in [0.717, 1.165) is 25.4 Å². The summed E-state index contributed by atoms with van der Waals surface area (Å²) >= 11 is 4.84. The number of nitrogens with zero attached hydrogens (tertiary/aromatic N) is 4. The molecule has 2 N–H and O–H groups in total. The molecule has 0 amide bonds. The van der Waals surface area contributed by atoms with Crippen molar-refractivity contribution in [1.29, 1.82) is 0 Å². The largest absolute Gasteiger partial charge is 0.383 e. The highest BCUT2D eigenvalue weighted by Crippen LogP contribution is 2.33. The number of hydrogen-bond donors (Lipinski definition) is 1. The molecule has 3 rings (SSSR count). The molecule has 5 nitrogen and oxygen atoms in total. The zero-order valence-corrected chi connectivity index (χ0v) is 13.7. The molecule has 0 bridgehead atoms. The van der Waals surface area contributed by atoms with E-state index in [4.69, 9.17) is 5.73 Å². The molecule has 0 aliphatic rings. The van der Waals surface area contributed by atoms with Crippen LogP contribution in [-0.2, 0) is 5.75 Å². The van der Waals surface area contributed by atoms with Crippen LogP contribution in [0.15, 0.2) is 4.34 Å². The van der Waals surface area contributed by atoms with Gasteiger partial charge in [0.15, 0.2) is 4.34 Å². The van der Waals surface area contributed by atoms with Crippen molar-refractivity contribution in [2.45, 2.75) is 30.9 Å². The summed E-state index contributed by atoms with van der Waals surface area (Å²) in [6.45, 7) is 6.09. The van der Waals surface area contributed by atoms with E-state index in [1.165, 1.54) is 10.4 Å². The van der Waals surface area contributed by atoms with Crippen LogP contribution >= 0.6 is 34.4 Å². The molecular weight excluding hydrogens is 310 g/mol. The first-order valence-corrected chi connectivity index (χ1v) is 8.61. The number of anilines is 1. The molecule has 0 unspecified atom stereocenters. The number of aryl methyl sites for hydroxylation is 3. The van der Waals surface area contributed by atoms with Crippen molar-refractivity contribution >= 4 is 50.5 Å². The average Bonchev–Trinajstić information content (AvgIpc) is 2.92. The van der Waals surface area contributed by atoms with E-state index in [1.807, 2.05) is 6.92 Å². The van der Waals surface area contributed by atoms with Crippen molar-refractivity contribution in [3.63, 3.8) is 0 Å². The fourth-order valence-corrected chi connectivity index (χ4v) is 4.58. The van der Waals surface area contributed by atoms with Gasteiger partial charge in [0, 0.05) is 4.88 Å². The Morgan fingerprint density at radius 1 is 1.10 bits per heavy atom. The van der Waals surface area contributed by atoms with Gasteiger partial charge in [-0.25, -0.2) is 9.97 Å². The maximum Gasteiger partial charge on any atom is 0.174 e. The van der Waals surface area contributed by atoms with E-state index < -0.39 is 0 Å². The molecule has 20 heavy (non-hydrogen) atoms. The van der Waals surface area contributed by atoms with E-state index in [-0.39, 0.29) is 0 Å². The predicted molar refractivity (Wildman–Crippen MR) is 85.5 cm³/mol. The first-order valence-electron chi connectivity index (χ1n) is 5.99. The SMILES string of the molecule is Cc1nnc(SCc2nc(N)c3c(C)c(C)sc3n2)s1. The third kappa shape index (κ3) is 2.50. The second kappa shape index (κ2) is 5.27. The lowest BCUT2D eigenvalue weighted by molar-refractivity contribution is 0.981. The highest BCUT2D eigenvalue weighted by atomic mass is 32.2. The summed E-state index contributed by atoms with van der Waals surface area (Å²) in [7, 11) is 0. The number of fused-ring (bicyclic) bond motifs is 1. The van der Waals surface area contributed by atoms with Gasteiger partial charge in [0.1, 0.15) is 21.5 Å². The molecule has 8 heteroatoms. The smallest absolute Gasteiger partial charge is 0.174 e. The van der Waals surface area contributed by atoms with Crippen LogP contribution < -0.4 is 5.73 Å². The minimum Gasteiger partial charge on any atom is -0.383 e. The fourth-order valence-electron chi connectivity index (χ4n) is 1.85. The molecule has 3 aromatic rings. The first-order chi connectivity index (χ1) is 9.54. The van der Waals surface area contributed by atoms with Crippen LogP contribution in [0.25, 0.3) is 10.2 Å². The monoisotopic (exact) mass is 323 g/mol. The lowest BCUT2D eigenvalue weighted by Gasteiger charge is -2.01. The van der Waals surface area contributed by atoms with E-state index in [9.17, 15) is 0 Å². The summed E-state index contributed by atoms with van der Waals surface area (Å²) in [5, 5.41) is 10.0. The number of nitrogen functional groups attached to an aromatic ring is 1. The lowest BCUT2D eigenvalue weighted by Crippen LogP contribution is -1.99. The Bertz CT molecular complexity index is 777. The summed E-state index contributed by atoms with van der Waals surface area (Å²) in [6, 6.07) is 0. The third-order valence-corrected chi connectivity index (χ3v) is 6.00. The number of thiophene rings is 1. The maximum absolute atomic E-state index is 6.07. The van der Waals surface area contributed by atoms with Crippen molar-refractivity contribution in [3.05, 3.63) is 21.3 Å². The quantitative estimate of drug-likeness (QED) is 0.745. The molecule has 0 aliphatic heterocycles. The summed E-state index contributed by atoms with van der Waals surface area (Å²) in [4.78, 5) is 11.2. The molecule has 0 fully saturated rings. The van der Waals surface area contributed by atoms with Gasteiger partial charge in [0.25, 0.3) is 0 Å². The van der Waals surface area contributed by atoms with Crippen LogP contribution in [0.3, 0.4) is 0 Å². The van der Waals surface area contributed by atoms with Crippen LogP contribution in [0, 0.1) is 20.8 Å². The molecule has 0 radical (unpaired) electrons. The highest BCUT2D eigenvalue weighted by Gasteiger charge is 2.13. The van der Waals surface area contributed by atoms with Gasteiger partial charge in [-0.15, -0.1) is 21.5 Å². The van der Waals surface area contributed by atoms with Gasteiger partial charge in [-0.2, -0.15) is 0 Å². The lowest BCUT2D eigenvalue weighted by atomic mass is 10.2. The number of hydrogen-bond acceptors (Lipinski definition) is 8. The number of rotatable bonds is 3. The van der Waals surface area contributed by atoms with Crippen LogP contribution in [0.5, 0.6) is 0 Å². The van der Waals surface area contributed by atoms with E-state index in [0.29, 0.717) is 11.6 Å². The van der Waals surface area contributed by atoms with E-state index >= 15 is 0 Å². The standard InChI is InChI=1S/C12H13N5S3/c1-5-6(2)19-11-9(5)10(13)14-8(15-11)4-18-12-17-16-7(3)20-12/h4H2,1-3H3,(H2,13,14,15). The van der Waals surface area contributed by atoms with Crippen molar-refractivity contribution in [1.82, 2.24) is 20.2 Å². The maximum atomic E-state index is 6.07. The molecule has 0 spiro atoms. The Hall–Kier alpha value is -1.25. The molecule has 3 aromatic heterocycles. The summed E-state index contributed by atoms with van der Waals surface area (Å²) in [6.07, 6.45) is 0. The molecular formula is C12H13N5S3. The topological polar surface area (TPSA) is 77.6 Å². The molecule has 3 heterocycles. The summed E-state index contributed by atoms with van der Waals surface area (Å²) in [5.74, 6) is 1.97. The molecule has 0 saturated carbocycles. The second-order valence-corrected chi connectivity index (χ2v) is 7.97. The zero-order valence-electron chi connectivity index (χ0n) is 11.3. The van der Waals surface area contributed by atoms with Crippen LogP contribution in [0.1, 0.15) is 21.3 Å². The minimum absolute atomic E-state index is 0.570. The molecule has 0 atom stereocenters. The van der Waals surface area contributed by atoms with Crippen LogP contribution in [-0.4, -0.2) is 20.2 Å². The van der Waals surface area contributed by atoms with Gasteiger partial charge in [0.05, 0.1) is 11.1 Å².